The number of benzene rings is 2. The number of amides is 1. The second-order valence-corrected chi connectivity index (χ2v) is 5.21. The lowest BCUT2D eigenvalue weighted by Crippen LogP contribution is -2.28. The number of nitrogens with zero attached hydrogens (tertiary/aromatic N) is 3. The molecule has 124 valence electrons. The molecule has 0 spiro atoms. The summed E-state index contributed by atoms with van der Waals surface area (Å²) in [5, 5.41) is 15.7. The first kappa shape index (κ1) is 16.3. The fraction of sp³-hybridized carbons (Fsp3) is 0.0556. The average molecular weight is 338 g/mol. The zero-order valence-electron chi connectivity index (χ0n) is 12.9. The lowest BCUT2D eigenvalue weighted by molar-refractivity contribution is 0.0944. The van der Waals surface area contributed by atoms with Gasteiger partial charge in [-0.2, -0.15) is 10.4 Å². The van der Waals surface area contributed by atoms with E-state index in [1.54, 1.807) is 6.07 Å². The maximum absolute atomic E-state index is 13.8. The number of carbonyl (C=O) groups excluding carboxylic acids is 1. The molecule has 25 heavy (non-hydrogen) atoms. The van der Waals surface area contributed by atoms with E-state index in [1.807, 2.05) is 30.3 Å². The maximum atomic E-state index is 13.8. The number of carbonyl (C=O) groups is 1. The van der Waals surface area contributed by atoms with E-state index < -0.39 is 23.6 Å². The van der Waals surface area contributed by atoms with Gasteiger partial charge in [0.05, 0.1) is 23.5 Å². The van der Waals surface area contributed by atoms with Crippen LogP contribution in [0.25, 0.3) is 5.69 Å². The predicted octanol–water partition coefficient (Wildman–Crippen LogP) is 3.15. The summed E-state index contributed by atoms with van der Waals surface area (Å²) >= 11 is 0. The van der Waals surface area contributed by atoms with Crippen molar-refractivity contribution in [3.8, 4) is 11.8 Å². The Bertz CT molecular complexity index is 947. The number of halogens is 2. The molecule has 0 unspecified atom stereocenters. The lowest BCUT2D eigenvalue weighted by atomic mass is 10.1. The summed E-state index contributed by atoms with van der Waals surface area (Å²) in [7, 11) is 0. The van der Waals surface area contributed by atoms with Gasteiger partial charge in [0.15, 0.2) is 0 Å². The Balaban J connectivity index is 1.79. The van der Waals surface area contributed by atoms with Crippen LogP contribution in [0.4, 0.5) is 8.78 Å². The Hall–Kier alpha value is -3.53. The van der Waals surface area contributed by atoms with Crippen molar-refractivity contribution in [1.29, 1.82) is 5.26 Å². The zero-order valence-corrected chi connectivity index (χ0v) is 12.9. The van der Waals surface area contributed by atoms with E-state index in [2.05, 4.69) is 10.4 Å². The van der Waals surface area contributed by atoms with Crippen molar-refractivity contribution >= 4 is 5.91 Å². The van der Waals surface area contributed by atoms with Crippen molar-refractivity contribution < 1.29 is 13.6 Å². The van der Waals surface area contributed by atoms with Crippen molar-refractivity contribution in [2.24, 2.45) is 0 Å². The van der Waals surface area contributed by atoms with Gasteiger partial charge in [-0.25, -0.2) is 13.5 Å². The maximum Gasteiger partial charge on any atom is 0.255 e. The number of para-hydroxylation sites is 1. The highest BCUT2D eigenvalue weighted by atomic mass is 19.1. The number of aromatic nitrogens is 2. The molecule has 1 N–H and O–H groups in total. The summed E-state index contributed by atoms with van der Waals surface area (Å²) in [4.78, 5) is 12.3. The summed E-state index contributed by atoms with van der Waals surface area (Å²) in [6.45, 7) is 0. The highest BCUT2D eigenvalue weighted by Crippen LogP contribution is 2.18. The third kappa shape index (κ3) is 3.53. The van der Waals surface area contributed by atoms with Gasteiger partial charge in [0.2, 0.25) is 0 Å². The highest BCUT2D eigenvalue weighted by molar-refractivity contribution is 5.94. The Morgan fingerprint density at radius 3 is 2.64 bits per heavy atom. The third-order valence-electron chi connectivity index (χ3n) is 3.54. The van der Waals surface area contributed by atoms with Gasteiger partial charge in [-0.15, -0.1) is 0 Å². The van der Waals surface area contributed by atoms with Crippen LogP contribution in [0.2, 0.25) is 0 Å². The van der Waals surface area contributed by atoms with Crippen LogP contribution < -0.4 is 5.32 Å². The minimum atomic E-state index is -1.24. The molecular weight excluding hydrogens is 326 g/mol. The number of hydrogen-bond acceptors (Lipinski definition) is 3. The van der Waals surface area contributed by atoms with Crippen LogP contribution in [0.5, 0.6) is 0 Å². The predicted molar refractivity (Wildman–Crippen MR) is 85.7 cm³/mol. The molecule has 0 saturated carbocycles. The molecule has 0 fully saturated rings. The molecule has 0 radical (unpaired) electrons. The molecule has 2 aromatic carbocycles. The Morgan fingerprint density at radius 1 is 1.20 bits per heavy atom. The van der Waals surface area contributed by atoms with Crippen LogP contribution >= 0.6 is 0 Å². The SMILES string of the molecule is N#C[C@@H](NC(=O)c1cnn(-c2ccccc2)c1)c1ccc(F)cc1F. The number of rotatable bonds is 4. The van der Waals surface area contributed by atoms with E-state index in [0.717, 1.165) is 17.8 Å². The van der Waals surface area contributed by atoms with Crippen molar-refractivity contribution in [3.63, 3.8) is 0 Å². The Kier molecular flexibility index (Phi) is 4.53. The molecule has 1 aromatic heterocycles. The highest BCUT2D eigenvalue weighted by Gasteiger charge is 2.20. The molecule has 5 nitrogen and oxygen atoms in total. The summed E-state index contributed by atoms with van der Waals surface area (Å²) in [5.74, 6) is -2.24. The molecule has 0 saturated heterocycles. The van der Waals surface area contributed by atoms with E-state index in [0.29, 0.717) is 6.07 Å². The molecule has 0 aliphatic rings. The summed E-state index contributed by atoms with van der Waals surface area (Å²) in [6, 6.07) is 12.5. The first-order chi connectivity index (χ1) is 12.1. The standard InChI is InChI=1S/C18H12F2N4O/c19-13-6-7-15(16(20)8-13)17(9-21)23-18(25)12-10-22-24(11-12)14-4-2-1-3-5-14/h1-8,10-11,17H,(H,23,25)/t17-/m1/s1. The molecule has 7 heteroatoms. The molecule has 1 amide bonds. The summed E-state index contributed by atoms with van der Waals surface area (Å²) in [5.41, 5.74) is 0.877. The molecule has 1 heterocycles. The fourth-order valence-electron chi connectivity index (χ4n) is 2.29. The minimum absolute atomic E-state index is 0.104. The monoisotopic (exact) mass is 338 g/mol. The number of hydrogen-bond donors (Lipinski definition) is 1. The van der Waals surface area contributed by atoms with Gasteiger partial charge in [-0.05, 0) is 18.2 Å². The van der Waals surface area contributed by atoms with Crippen molar-refractivity contribution in [3.05, 3.63) is 83.7 Å². The van der Waals surface area contributed by atoms with E-state index in [-0.39, 0.29) is 11.1 Å². The van der Waals surface area contributed by atoms with Crippen molar-refractivity contribution in [2.45, 2.75) is 6.04 Å². The van der Waals surface area contributed by atoms with E-state index in [1.165, 1.54) is 17.1 Å². The van der Waals surface area contributed by atoms with Crippen LogP contribution in [0.3, 0.4) is 0 Å². The third-order valence-corrected chi connectivity index (χ3v) is 3.54. The van der Waals surface area contributed by atoms with Gasteiger partial charge in [0, 0.05) is 17.8 Å². The van der Waals surface area contributed by atoms with Gasteiger partial charge < -0.3 is 5.32 Å². The zero-order chi connectivity index (χ0) is 17.8. The average Bonchev–Trinajstić information content (AvgIpc) is 3.11. The summed E-state index contributed by atoms with van der Waals surface area (Å²) in [6.07, 6.45) is 2.85. The topological polar surface area (TPSA) is 70.7 Å². The van der Waals surface area contributed by atoms with Gasteiger partial charge in [-0.1, -0.05) is 24.3 Å². The fourth-order valence-corrected chi connectivity index (χ4v) is 2.29. The smallest absolute Gasteiger partial charge is 0.255 e. The molecule has 0 bridgehead atoms. The normalized spacial score (nSPS) is 11.6. The molecule has 3 aromatic rings. The number of nitrogens with one attached hydrogen (secondary N) is 1. The van der Waals surface area contributed by atoms with E-state index >= 15 is 0 Å². The van der Waals surface area contributed by atoms with Crippen molar-refractivity contribution in [2.75, 3.05) is 0 Å². The molecule has 1 atom stereocenters. The molecule has 0 aliphatic carbocycles. The molecule has 3 rings (SSSR count). The van der Waals surface area contributed by atoms with Crippen LogP contribution in [-0.4, -0.2) is 15.7 Å². The molecule has 0 aliphatic heterocycles. The van der Waals surface area contributed by atoms with Crippen LogP contribution in [0.1, 0.15) is 22.0 Å². The Morgan fingerprint density at radius 2 is 1.96 bits per heavy atom. The lowest BCUT2D eigenvalue weighted by Gasteiger charge is -2.12. The minimum Gasteiger partial charge on any atom is -0.332 e. The van der Waals surface area contributed by atoms with E-state index in [4.69, 9.17) is 0 Å². The Labute approximate surface area is 142 Å². The van der Waals surface area contributed by atoms with Crippen molar-refractivity contribution in [1.82, 2.24) is 15.1 Å². The van der Waals surface area contributed by atoms with E-state index in [9.17, 15) is 18.8 Å². The second kappa shape index (κ2) is 6.93. The van der Waals surface area contributed by atoms with Crippen LogP contribution in [0.15, 0.2) is 60.9 Å². The summed E-state index contributed by atoms with van der Waals surface area (Å²) < 4.78 is 28.3. The van der Waals surface area contributed by atoms with Crippen LogP contribution in [0, 0.1) is 23.0 Å². The van der Waals surface area contributed by atoms with Crippen LogP contribution in [-0.2, 0) is 0 Å². The van der Waals surface area contributed by atoms with Gasteiger partial charge in [-0.3, -0.25) is 4.79 Å². The first-order valence-electron chi connectivity index (χ1n) is 7.34. The molecular formula is C18H12F2N4O. The quantitative estimate of drug-likeness (QED) is 0.794. The van der Waals surface area contributed by atoms with Gasteiger partial charge >= 0.3 is 0 Å². The van der Waals surface area contributed by atoms with Gasteiger partial charge in [0.25, 0.3) is 5.91 Å². The second-order valence-electron chi connectivity index (χ2n) is 5.21. The van der Waals surface area contributed by atoms with Gasteiger partial charge in [0.1, 0.15) is 17.7 Å². The largest absolute Gasteiger partial charge is 0.332 e. The number of nitriles is 1. The first-order valence-corrected chi connectivity index (χ1v) is 7.34.